The van der Waals surface area contributed by atoms with Crippen LogP contribution in [0.2, 0.25) is 5.02 Å². The predicted octanol–water partition coefficient (Wildman–Crippen LogP) is 3.94. The van der Waals surface area contributed by atoms with Crippen LogP contribution in [-0.2, 0) is 6.42 Å². The molecule has 0 aromatic heterocycles. The number of hydrogen-bond donors (Lipinski definition) is 3. The Morgan fingerprint density at radius 3 is 2.64 bits per heavy atom. The molecule has 0 amide bonds. The SMILES string of the molecule is CCNC(=NCC(O)c1ccccc1F)NCCc1ccc(OC)cc1Cl.I. The van der Waals surface area contributed by atoms with Crippen molar-refractivity contribution < 1.29 is 14.2 Å². The van der Waals surface area contributed by atoms with Crippen LogP contribution in [0.1, 0.15) is 24.2 Å². The summed E-state index contributed by atoms with van der Waals surface area (Å²) in [7, 11) is 1.60. The average Bonchev–Trinajstić information content (AvgIpc) is 2.67. The fraction of sp³-hybridized carbons (Fsp3) is 0.350. The molecule has 0 spiro atoms. The Hall–Kier alpha value is -1.58. The molecular weight excluding hydrogens is 496 g/mol. The van der Waals surface area contributed by atoms with Crippen molar-refractivity contribution in [1.82, 2.24) is 10.6 Å². The molecule has 28 heavy (non-hydrogen) atoms. The van der Waals surface area contributed by atoms with Crippen LogP contribution >= 0.6 is 35.6 Å². The third-order valence-corrected chi connectivity index (χ3v) is 4.33. The van der Waals surface area contributed by atoms with Crippen LogP contribution in [-0.4, -0.2) is 37.8 Å². The van der Waals surface area contributed by atoms with Crippen molar-refractivity contribution in [2.45, 2.75) is 19.4 Å². The number of hydrogen-bond acceptors (Lipinski definition) is 3. The standard InChI is InChI=1S/C20H25ClFN3O2.HI/c1-3-23-20(25-13-19(26)16-6-4-5-7-18(16)22)24-11-10-14-8-9-15(27-2)12-17(14)21;/h4-9,12,19,26H,3,10-11,13H2,1-2H3,(H2,23,24,25);1H. The van der Waals surface area contributed by atoms with Gasteiger partial charge in [0.1, 0.15) is 17.7 Å². The van der Waals surface area contributed by atoms with Crippen molar-refractivity contribution in [3.8, 4) is 5.75 Å². The lowest BCUT2D eigenvalue weighted by molar-refractivity contribution is 0.182. The van der Waals surface area contributed by atoms with Gasteiger partial charge in [-0.05, 0) is 37.1 Å². The summed E-state index contributed by atoms with van der Waals surface area (Å²) in [5.41, 5.74) is 1.23. The van der Waals surface area contributed by atoms with E-state index in [1.807, 2.05) is 19.1 Å². The van der Waals surface area contributed by atoms with Gasteiger partial charge in [0.2, 0.25) is 0 Å². The molecule has 0 saturated carbocycles. The minimum absolute atomic E-state index is 0. The Kier molecular flexibility index (Phi) is 11.2. The number of nitrogens with zero attached hydrogens (tertiary/aromatic N) is 1. The Morgan fingerprint density at radius 2 is 2.00 bits per heavy atom. The van der Waals surface area contributed by atoms with E-state index in [0.29, 0.717) is 36.2 Å². The van der Waals surface area contributed by atoms with Crippen molar-refractivity contribution in [1.29, 1.82) is 0 Å². The molecule has 2 rings (SSSR count). The fourth-order valence-corrected chi connectivity index (χ4v) is 2.80. The highest BCUT2D eigenvalue weighted by molar-refractivity contribution is 14.0. The maximum atomic E-state index is 13.7. The molecule has 0 bridgehead atoms. The molecule has 8 heteroatoms. The number of guanidine groups is 1. The number of aliphatic hydroxyl groups is 1. The summed E-state index contributed by atoms with van der Waals surface area (Å²) in [5, 5.41) is 17.1. The molecule has 5 nitrogen and oxygen atoms in total. The molecule has 0 aliphatic carbocycles. The Labute approximate surface area is 187 Å². The lowest BCUT2D eigenvalue weighted by Crippen LogP contribution is -2.38. The summed E-state index contributed by atoms with van der Waals surface area (Å²) < 4.78 is 18.9. The number of aliphatic hydroxyl groups excluding tert-OH is 1. The van der Waals surface area contributed by atoms with Crippen LogP contribution < -0.4 is 15.4 Å². The molecule has 2 aromatic carbocycles. The Bertz CT molecular complexity index is 777. The van der Waals surface area contributed by atoms with Gasteiger partial charge in [-0.25, -0.2) is 4.39 Å². The molecule has 0 fully saturated rings. The van der Waals surface area contributed by atoms with E-state index in [1.165, 1.54) is 6.07 Å². The number of aliphatic imine (C=N–C) groups is 1. The minimum atomic E-state index is -1.00. The van der Waals surface area contributed by atoms with Crippen molar-refractivity contribution in [3.63, 3.8) is 0 Å². The number of halogens is 3. The Balaban J connectivity index is 0.00000392. The first-order chi connectivity index (χ1) is 13.0. The quantitative estimate of drug-likeness (QED) is 0.280. The number of benzene rings is 2. The van der Waals surface area contributed by atoms with E-state index in [0.717, 1.165) is 5.56 Å². The second-order valence-electron chi connectivity index (χ2n) is 5.89. The average molecular weight is 522 g/mol. The highest BCUT2D eigenvalue weighted by Crippen LogP contribution is 2.22. The molecule has 0 radical (unpaired) electrons. The molecule has 0 saturated heterocycles. The molecule has 3 N–H and O–H groups in total. The van der Waals surface area contributed by atoms with Crippen LogP contribution in [0.15, 0.2) is 47.5 Å². The van der Waals surface area contributed by atoms with Gasteiger partial charge in [-0.15, -0.1) is 24.0 Å². The zero-order valence-corrected chi connectivity index (χ0v) is 19.0. The first-order valence-electron chi connectivity index (χ1n) is 8.82. The highest BCUT2D eigenvalue weighted by Gasteiger charge is 2.12. The van der Waals surface area contributed by atoms with Crippen LogP contribution in [0.5, 0.6) is 5.75 Å². The second-order valence-corrected chi connectivity index (χ2v) is 6.30. The van der Waals surface area contributed by atoms with Gasteiger partial charge in [0.15, 0.2) is 5.96 Å². The van der Waals surface area contributed by atoms with Gasteiger partial charge in [-0.3, -0.25) is 4.99 Å². The highest BCUT2D eigenvalue weighted by atomic mass is 127. The van der Waals surface area contributed by atoms with E-state index >= 15 is 0 Å². The minimum Gasteiger partial charge on any atom is -0.497 e. The molecule has 154 valence electrons. The van der Waals surface area contributed by atoms with Gasteiger partial charge in [0.25, 0.3) is 0 Å². The molecule has 0 aliphatic heterocycles. The van der Waals surface area contributed by atoms with Crippen molar-refractivity contribution in [2.24, 2.45) is 4.99 Å². The maximum absolute atomic E-state index is 13.7. The van der Waals surface area contributed by atoms with E-state index in [-0.39, 0.29) is 36.1 Å². The maximum Gasteiger partial charge on any atom is 0.191 e. The summed E-state index contributed by atoms with van der Waals surface area (Å²) >= 11 is 6.25. The van der Waals surface area contributed by atoms with E-state index < -0.39 is 11.9 Å². The van der Waals surface area contributed by atoms with E-state index in [4.69, 9.17) is 16.3 Å². The third kappa shape index (κ3) is 7.44. The molecule has 1 atom stereocenters. The molecule has 0 aliphatic rings. The summed E-state index contributed by atoms with van der Waals surface area (Å²) in [4.78, 5) is 4.34. The molecular formula is C20H26ClFIN3O2. The molecule has 2 aromatic rings. The summed E-state index contributed by atoms with van der Waals surface area (Å²) in [5.74, 6) is 0.832. The zero-order chi connectivity index (χ0) is 19.6. The Morgan fingerprint density at radius 1 is 1.25 bits per heavy atom. The van der Waals surface area contributed by atoms with Gasteiger partial charge < -0.3 is 20.5 Å². The molecule has 0 heterocycles. The van der Waals surface area contributed by atoms with Crippen LogP contribution in [0.25, 0.3) is 0 Å². The smallest absolute Gasteiger partial charge is 0.191 e. The fourth-order valence-electron chi connectivity index (χ4n) is 2.54. The predicted molar refractivity (Wildman–Crippen MR) is 122 cm³/mol. The number of ether oxygens (including phenoxy) is 1. The first-order valence-corrected chi connectivity index (χ1v) is 9.20. The third-order valence-electron chi connectivity index (χ3n) is 3.98. The lowest BCUT2D eigenvalue weighted by Gasteiger charge is -2.14. The lowest BCUT2D eigenvalue weighted by atomic mass is 10.1. The number of methoxy groups -OCH3 is 1. The van der Waals surface area contributed by atoms with E-state index in [2.05, 4.69) is 15.6 Å². The monoisotopic (exact) mass is 521 g/mol. The normalized spacial score (nSPS) is 12.1. The van der Waals surface area contributed by atoms with Gasteiger partial charge in [0.05, 0.1) is 13.7 Å². The summed E-state index contributed by atoms with van der Waals surface area (Å²) in [6, 6.07) is 11.7. The van der Waals surface area contributed by atoms with Crippen LogP contribution in [0.4, 0.5) is 4.39 Å². The van der Waals surface area contributed by atoms with Gasteiger partial charge in [-0.2, -0.15) is 0 Å². The van der Waals surface area contributed by atoms with E-state index in [9.17, 15) is 9.50 Å². The van der Waals surface area contributed by atoms with Gasteiger partial charge in [0, 0.05) is 23.7 Å². The number of rotatable bonds is 8. The number of nitrogens with one attached hydrogen (secondary N) is 2. The van der Waals surface area contributed by atoms with E-state index in [1.54, 1.807) is 31.4 Å². The molecule has 1 unspecified atom stereocenters. The van der Waals surface area contributed by atoms with Crippen molar-refractivity contribution in [2.75, 3.05) is 26.7 Å². The van der Waals surface area contributed by atoms with Crippen LogP contribution in [0.3, 0.4) is 0 Å². The summed E-state index contributed by atoms with van der Waals surface area (Å²) in [6.07, 6.45) is -0.305. The first kappa shape index (κ1) is 24.5. The van der Waals surface area contributed by atoms with Crippen LogP contribution in [0, 0.1) is 5.82 Å². The van der Waals surface area contributed by atoms with Crippen molar-refractivity contribution >= 4 is 41.5 Å². The van der Waals surface area contributed by atoms with Crippen molar-refractivity contribution in [3.05, 3.63) is 64.4 Å². The largest absolute Gasteiger partial charge is 0.497 e. The summed E-state index contributed by atoms with van der Waals surface area (Å²) in [6.45, 7) is 3.28. The van der Waals surface area contributed by atoms with Gasteiger partial charge >= 0.3 is 0 Å². The second kappa shape index (κ2) is 12.8. The topological polar surface area (TPSA) is 65.9 Å². The van der Waals surface area contributed by atoms with Gasteiger partial charge in [-0.1, -0.05) is 35.9 Å². The zero-order valence-electron chi connectivity index (χ0n) is 15.9.